The predicted molar refractivity (Wildman–Crippen MR) is 72.0 cm³/mol. The topological polar surface area (TPSA) is 104 Å². The minimum Gasteiger partial charge on any atom is -0.465 e. The molecule has 1 fully saturated rings. The molecule has 1 aliphatic rings. The Morgan fingerprint density at radius 1 is 1.53 bits per heavy atom. The number of aryl methyl sites for hydroxylation is 1. The van der Waals surface area contributed by atoms with Crippen LogP contribution in [0.15, 0.2) is 6.07 Å². The number of carboxylic acid groups (broad SMARTS) is 1. The van der Waals surface area contributed by atoms with Gasteiger partial charge in [0.15, 0.2) is 0 Å². The molecule has 1 saturated heterocycles. The molecular weight excluding hydrogens is 246 g/mol. The van der Waals surface area contributed by atoms with Gasteiger partial charge in [0.2, 0.25) is 5.95 Å². The number of carbonyl (C=O) groups is 1. The van der Waals surface area contributed by atoms with Crippen LogP contribution in [0.3, 0.4) is 0 Å². The lowest BCUT2D eigenvalue weighted by Gasteiger charge is -2.30. The molecule has 0 spiro atoms. The van der Waals surface area contributed by atoms with Crippen LogP contribution >= 0.6 is 0 Å². The lowest BCUT2D eigenvalue weighted by atomic mass is 9.97. The average molecular weight is 265 g/mol. The first-order valence-electron chi connectivity index (χ1n) is 6.37. The van der Waals surface area contributed by atoms with Crippen LogP contribution in [0.25, 0.3) is 0 Å². The molecule has 7 nitrogen and oxygen atoms in total. The van der Waals surface area contributed by atoms with Gasteiger partial charge in [-0.25, -0.2) is 9.78 Å². The molecule has 104 valence electrons. The van der Waals surface area contributed by atoms with Crippen molar-refractivity contribution in [1.29, 1.82) is 0 Å². The average Bonchev–Trinajstić information content (AvgIpc) is 2.36. The highest BCUT2D eigenvalue weighted by Gasteiger charge is 2.21. The summed E-state index contributed by atoms with van der Waals surface area (Å²) in [6.45, 7) is 3.86. The Balaban J connectivity index is 1.82. The van der Waals surface area contributed by atoms with E-state index in [0.717, 1.165) is 30.9 Å². The van der Waals surface area contributed by atoms with Gasteiger partial charge in [0, 0.05) is 31.4 Å². The zero-order valence-corrected chi connectivity index (χ0v) is 11.0. The van der Waals surface area contributed by atoms with Crippen LogP contribution in [0.1, 0.15) is 18.5 Å². The highest BCUT2D eigenvalue weighted by Crippen LogP contribution is 2.18. The number of likely N-dealkylation sites (tertiary alicyclic amines) is 1. The first-order valence-corrected chi connectivity index (χ1v) is 6.37. The third-order valence-corrected chi connectivity index (χ3v) is 3.33. The second kappa shape index (κ2) is 5.73. The van der Waals surface area contributed by atoms with Crippen molar-refractivity contribution in [3.05, 3.63) is 11.8 Å². The first-order chi connectivity index (χ1) is 9.04. The van der Waals surface area contributed by atoms with Crippen LogP contribution < -0.4 is 11.1 Å². The standard InChI is InChI=1S/C12H19N5O2/c1-8-6-10(16-11(13)15-8)14-7-9-2-4-17(5-3-9)12(18)19/h6,9H,2-5,7H2,1H3,(H,18,19)(H3,13,14,15,16). The van der Waals surface area contributed by atoms with Gasteiger partial charge < -0.3 is 21.1 Å². The summed E-state index contributed by atoms with van der Waals surface area (Å²) in [5, 5.41) is 12.1. The van der Waals surface area contributed by atoms with Crippen molar-refractivity contribution >= 4 is 17.9 Å². The third-order valence-electron chi connectivity index (χ3n) is 3.33. The maximum absolute atomic E-state index is 10.8. The molecule has 1 aliphatic heterocycles. The Labute approximate surface area is 111 Å². The van der Waals surface area contributed by atoms with Crippen LogP contribution in [0.2, 0.25) is 0 Å². The quantitative estimate of drug-likeness (QED) is 0.757. The number of nitrogens with zero attached hydrogens (tertiary/aromatic N) is 3. The van der Waals surface area contributed by atoms with Crippen LogP contribution in [-0.4, -0.2) is 45.7 Å². The SMILES string of the molecule is Cc1cc(NCC2CCN(C(=O)O)CC2)nc(N)n1. The molecule has 0 bridgehead atoms. The second-order valence-corrected chi connectivity index (χ2v) is 4.85. The van der Waals surface area contributed by atoms with Crippen molar-refractivity contribution in [3.8, 4) is 0 Å². The van der Waals surface area contributed by atoms with Gasteiger partial charge in [-0.1, -0.05) is 0 Å². The Bertz CT molecular complexity index is 437. The van der Waals surface area contributed by atoms with E-state index >= 15 is 0 Å². The molecule has 0 aliphatic carbocycles. The molecule has 19 heavy (non-hydrogen) atoms. The molecule has 0 aromatic carbocycles. The molecule has 1 amide bonds. The molecule has 1 aromatic rings. The van der Waals surface area contributed by atoms with Crippen molar-refractivity contribution in [3.63, 3.8) is 0 Å². The van der Waals surface area contributed by atoms with E-state index in [9.17, 15) is 4.79 Å². The normalized spacial score (nSPS) is 16.4. The number of aromatic nitrogens is 2. The van der Waals surface area contributed by atoms with E-state index < -0.39 is 6.09 Å². The smallest absolute Gasteiger partial charge is 0.407 e. The van der Waals surface area contributed by atoms with Crippen LogP contribution in [0.5, 0.6) is 0 Å². The Kier molecular flexibility index (Phi) is 4.03. The van der Waals surface area contributed by atoms with Gasteiger partial charge in [-0.15, -0.1) is 0 Å². The fraction of sp³-hybridized carbons (Fsp3) is 0.583. The van der Waals surface area contributed by atoms with E-state index in [1.165, 1.54) is 4.90 Å². The van der Waals surface area contributed by atoms with Crippen molar-refractivity contribution in [2.24, 2.45) is 5.92 Å². The van der Waals surface area contributed by atoms with Gasteiger partial charge in [-0.2, -0.15) is 4.98 Å². The number of amides is 1. The van der Waals surface area contributed by atoms with Crippen LogP contribution in [0, 0.1) is 12.8 Å². The third kappa shape index (κ3) is 3.70. The summed E-state index contributed by atoms with van der Waals surface area (Å²) in [5.41, 5.74) is 6.41. The summed E-state index contributed by atoms with van der Waals surface area (Å²) in [6, 6.07) is 1.85. The Morgan fingerprint density at radius 2 is 2.21 bits per heavy atom. The summed E-state index contributed by atoms with van der Waals surface area (Å²) in [4.78, 5) is 20.4. The number of piperidine rings is 1. The first kappa shape index (κ1) is 13.4. The highest BCUT2D eigenvalue weighted by atomic mass is 16.4. The fourth-order valence-electron chi connectivity index (χ4n) is 2.26. The number of hydrogen-bond donors (Lipinski definition) is 3. The monoisotopic (exact) mass is 265 g/mol. The van der Waals surface area contributed by atoms with Crippen molar-refractivity contribution < 1.29 is 9.90 Å². The summed E-state index contributed by atoms with van der Waals surface area (Å²) in [6.07, 6.45) is 0.920. The number of anilines is 2. The molecule has 0 atom stereocenters. The van der Waals surface area contributed by atoms with Gasteiger partial charge in [0.05, 0.1) is 0 Å². The molecule has 7 heteroatoms. The molecule has 0 saturated carbocycles. The molecule has 2 heterocycles. The van der Waals surface area contributed by atoms with E-state index in [-0.39, 0.29) is 5.95 Å². The summed E-state index contributed by atoms with van der Waals surface area (Å²) < 4.78 is 0. The zero-order valence-electron chi connectivity index (χ0n) is 11.0. The minimum atomic E-state index is -0.828. The molecular formula is C12H19N5O2. The van der Waals surface area contributed by atoms with Gasteiger partial charge in [0.25, 0.3) is 0 Å². The highest BCUT2D eigenvalue weighted by molar-refractivity contribution is 5.65. The van der Waals surface area contributed by atoms with E-state index in [0.29, 0.717) is 19.0 Å². The predicted octanol–water partition coefficient (Wildman–Crippen LogP) is 1.17. The zero-order chi connectivity index (χ0) is 13.8. The Morgan fingerprint density at radius 3 is 2.79 bits per heavy atom. The molecule has 2 rings (SSSR count). The molecule has 4 N–H and O–H groups in total. The van der Waals surface area contributed by atoms with Gasteiger partial charge in [0.1, 0.15) is 5.82 Å². The maximum Gasteiger partial charge on any atom is 0.407 e. The minimum absolute atomic E-state index is 0.267. The lowest BCUT2D eigenvalue weighted by molar-refractivity contribution is 0.126. The van der Waals surface area contributed by atoms with Crippen LogP contribution in [-0.2, 0) is 0 Å². The van der Waals surface area contributed by atoms with Crippen molar-refractivity contribution in [2.45, 2.75) is 19.8 Å². The maximum atomic E-state index is 10.8. The van der Waals surface area contributed by atoms with Crippen molar-refractivity contribution in [2.75, 3.05) is 30.7 Å². The number of rotatable bonds is 3. The second-order valence-electron chi connectivity index (χ2n) is 4.85. The summed E-state index contributed by atoms with van der Waals surface area (Å²) in [5.74, 6) is 1.46. The molecule has 1 aromatic heterocycles. The number of nitrogens with one attached hydrogen (secondary N) is 1. The van der Waals surface area contributed by atoms with Crippen LogP contribution in [0.4, 0.5) is 16.6 Å². The molecule has 0 radical (unpaired) electrons. The van der Waals surface area contributed by atoms with E-state index in [1.807, 2.05) is 13.0 Å². The van der Waals surface area contributed by atoms with Gasteiger partial charge in [-0.3, -0.25) is 0 Å². The largest absolute Gasteiger partial charge is 0.465 e. The summed E-state index contributed by atoms with van der Waals surface area (Å²) >= 11 is 0. The summed E-state index contributed by atoms with van der Waals surface area (Å²) in [7, 11) is 0. The van der Waals surface area contributed by atoms with E-state index in [4.69, 9.17) is 10.8 Å². The van der Waals surface area contributed by atoms with Crippen molar-refractivity contribution in [1.82, 2.24) is 14.9 Å². The lowest BCUT2D eigenvalue weighted by Crippen LogP contribution is -2.39. The fourth-order valence-corrected chi connectivity index (χ4v) is 2.26. The molecule has 0 unspecified atom stereocenters. The van der Waals surface area contributed by atoms with E-state index in [1.54, 1.807) is 0 Å². The Hall–Kier alpha value is -2.05. The number of nitrogens with two attached hydrogens (primary N) is 1. The number of hydrogen-bond acceptors (Lipinski definition) is 5. The van der Waals surface area contributed by atoms with Gasteiger partial charge >= 0.3 is 6.09 Å². The number of nitrogen functional groups attached to an aromatic ring is 1. The van der Waals surface area contributed by atoms with Gasteiger partial charge in [-0.05, 0) is 25.7 Å². The van der Waals surface area contributed by atoms with E-state index in [2.05, 4.69) is 15.3 Å².